The van der Waals surface area contributed by atoms with Crippen LogP contribution in [-0.2, 0) is 4.79 Å². The number of amides is 2. The van der Waals surface area contributed by atoms with Crippen molar-refractivity contribution in [3.8, 4) is 22.4 Å². The fourth-order valence-electron chi connectivity index (χ4n) is 3.42. The van der Waals surface area contributed by atoms with Gasteiger partial charge in [-0.05, 0) is 35.9 Å². The monoisotopic (exact) mass is 459 g/mol. The number of hydrogen-bond donors (Lipinski definition) is 4. The van der Waals surface area contributed by atoms with Gasteiger partial charge in [-0.1, -0.05) is 0 Å². The van der Waals surface area contributed by atoms with Crippen LogP contribution in [0.3, 0.4) is 0 Å². The number of pyridine rings is 3. The summed E-state index contributed by atoms with van der Waals surface area (Å²) in [5.74, 6) is -1.58. The number of carboxylic acid groups (broad SMARTS) is 1. The van der Waals surface area contributed by atoms with E-state index >= 15 is 0 Å². The van der Waals surface area contributed by atoms with E-state index in [1.54, 1.807) is 50.8 Å². The zero-order valence-electron chi connectivity index (χ0n) is 18.4. The van der Waals surface area contributed by atoms with Gasteiger partial charge >= 0.3 is 5.97 Å². The van der Waals surface area contributed by atoms with Crippen molar-refractivity contribution in [1.29, 1.82) is 0 Å². The fourth-order valence-corrected chi connectivity index (χ4v) is 3.42. The van der Waals surface area contributed by atoms with Crippen LogP contribution in [0.5, 0.6) is 0 Å². The van der Waals surface area contributed by atoms with Crippen molar-refractivity contribution in [2.75, 3.05) is 26.4 Å². The number of anilines is 1. The van der Waals surface area contributed by atoms with E-state index in [1.807, 2.05) is 6.07 Å². The zero-order valence-corrected chi connectivity index (χ0v) is 18.4. The number of H-pyrrole nitrogens is 1. The van der Waals surface area contributed by atoms with Gasteiger partial charge in [-0.3, -0.25) is 19.4 Å². The van der Waals surface area contributed by atoms with E-state index in [-0.39, 0.29) is 17.4 Å². The highest BCUT2D eigenvalue weighted by Gasteiger charge is 2.16. The number of nitrogen functional groups attached to an aromatic ring is 1. The summed E-state index contributed by atoms with van der Waals surface area (Å²) in [4.78, 5) is 52.4. The predicted molar refractivity (Wildman–Crippen MR) is 125 cm³/mol. The van der Waals surface area contributed by atoms with Crippen LogP contribution in [0.4, 0.5) is 5.82 Å². The third-order valence-corrected chi connectivity index (χ3v) is 5.10. The van der Waals surface area contributed by atoms with Crippen molar-refractivity contribution < 1.29 is 19.5 Å². The Balaban J connectivity index is 1.71. The number of aliphatic carboxylic acids is 1. The second-order valence-corrected chi connectivity index (χ2v) is 7.67. The van der Waals surface area contributed by atoms with E-state index in [4.69, 9.17) is 10.8 Å². The molecule has 2 amide bonds. The molecule has 0 aliphatic rings. The molecule has 0 aliphatic heterocycles. The second-order valence-electron chi connectivity index (χ2n) is 7.67. The number of nitrogens with two attached hydrogens (primary N) is 1. The number of nitrogens with zero attached hydrogens (tertiary/aromatic N) is 4. The molecule has 0 radical (unpaired) electrons. The topological polar surface area (TPSA) is 167 Å². The molecule has 11 nitrogen and oxygen atoms in total. The Labute approximate surface area is 193 Å². The Morgan fingerprint density at radius 3 is 2.53 bits per heavy atom. The van der Waals surface area contributed by atoms with Gasteiger partial charge in [-0.2, -0.15) is 0 Å². The largest absolute Gasteiger partial charge is 0.480 e. The highest BCUT2D eigenvalue weighted by atomic mass is 16.4. The Morgan fingerprint density at radius 2 is 1.85 bits per heavy atom. The molecule has 0 unspecified atom stereocenters. The Hall–Kier alpha value is -4.80. The summed E-state index contributed by atoms with van der Waals surface area (Å²) >= 11 is 0. The molecular weight excluding hydrogens is 438 g/mol. The summed E-state index contributed by atoms with van der Waals surface area (Å²) in [6, 6.07) is 8.58. The van der Waals surface area contributed by atoms with Gasteiger partial charge in [0.05, 0.1) is 11.3 Å². The summed E-state index contributed by atoms with van der Waals surface area (Å²) < 4.78 is 0. The number of aromatic amines is 1. The number of aromatic nitrogens is 4. The van der Waals surface area contributed by atoms with Crippen LogP contribution in [0.2, 0.25) is 0 Å². The van der Waals surface area contributed by atoms with Crippen LogP contribution >= 0.6 is 0 Å². The molecule has 0 atom stereocenters. The van der Waals surface area contributed by atoms with Crippen molar-refractivity contribution in [2.24, 2.45) is 0 Å². The maximum atomic E-state index is 12.3. The number of carboxylic acids is 1. The molecule has 5 N–H and O–H groups in total. The minimum absolute atomic E-state index is 0.159. The summed E-state index contributed by atoms with van der Waals surface area (Å²) in [5, 5.41) is 11.7. The van der Waals surface area contributed by atoms with E-state index in [1.165, 1.54) is 11.1 Å². The summed E-state index contributed by atoms with van der Waals surface area (Å²) in [7, 11) is 3.33. The predicted octanol–water partition coefficient (Wildman–Crippen LogP) is 1.79. The van der Waals surface area contributed by atoms with Crippen LogP contribution in [0.15, 0.2) is 48.9 Å². The van der Waals surface area contributed by atoms with Gasteiger partial charge < -0.3 is 26.0 Å². The van der Waals surface area contributed by atoms with Gasteiger partial charge in [0.15, 0.2) is 0 Å². The molecule has 0 spiro atoms. The van der Waals surface area contributed by atoms with Gasteiger partial charge in [0.25, 0.3) is 11.8 Å². The third kappa shape index (κ3) is 4.39. The first kappa shape index (κ1) is 22.4. The molecule has 4 rings (SSSR count). The molecule has 4 aromatic rings. The van der Waals surface area contributed by atoms with Gasteiger partial charge in [0, 0.05) is 49.2 Å². The molecule has 11 heteroatoms. The lowest BCUT2D eigenvalue weighted by Crippen LogP contribution is -2.29. The van der Waals surface area contributed by atoms with Crippen LogP contribution in [-0.4, -0.2) is 68.4 Å². The molecule has 0 aromatic carbocycles. The molecule has 0 aliphatic carbocycles. The minimum Gasteiger partial charge on any atom is -0.480 e. The van der Waals surface area contributed by atoms with E-state index in [0.717, 1.165) is 5.56 Å². The number of fused-ring (bicyclic) bond motifs is 1. The molecule has 4 heterocycles. The van der Waals surface area contributed by atoms with Crippen molar-refractivity contribution in [3.63, 3.8) is 0 Å². The Morgan fingerprint density at radius 1 is 1.06 bits per heavy atom. The average molecular weight is 459 g/mol. The smallest absolute Gasteiger partial charge is 0.322 e. The highest BCUT2D eigenvalue weighted by Crippen LogP contribution is 2.32. The highest BCUT2D eigenvalue weighted by molar-refractivity contribution is 6.02. The SMILES string of the molecule is CN(C)C(=O)c1ccc(-c2cc(-c3ccnc4[nH]c(C(=O)NCC(=O)O)cc34)cnc2N)nc1. The number of hydrogen-bond acceptors (Lipinski definition) is 7. The van der Waals surface area contributed by atoms with Gasteiger partial charge in [-0.15, -0.1) is 0 Å². The minimum atomic E-state index is -1.14. The van der Waals surface area contributed by atoms with Crippen LogP contribution in [0.25, 0.3) is 33.4 Å². The van der Waals surface area contributed by atoms with Crippen molar-refractivity contribution in [1.82, 2.24) is 30.2 Å². The maximum absolute atomic E-state index is 12.3. The standard InChI is InChI=1S/C23H21N7O4/c1-30(2)23(34)12-3-4-17(26-9-12)16-7-13(10-27-20(16)24)14-5-6-25-21-15(14)8-18(29-21)22(33)28-11-19(31)32/h3-10H,11H2,1-2H3,(H2,24,27)(H,25,29)(H,28,33)(H,31,32). The molecule has 0 saturated carbocycles. The Kier molecular flexibility index (Phi) is 5.92. The lowest BCUT2D eigenvalue weighted by Gasteiger charge is -2.11. The third-order valence-electron chi connectivity index (χ3n) is 5.10. The van der Waals surface area contributed by atoms with Crippen LogP contribution < -0.4 is 11.1 Å². The van der Waals surface area contributed by atoms with Crippen molar-refractivity contribution >= 4 is 34.6 Å². The summed E-state index contributed by atoms with van der Waals surface area (Å²) in [5.41, 5.74) is 9.80. The average Bonchev–Trinajstić information content (AvgIpc) is 3.27. The van der Waals surface area contributed by atoms with Gasteiger partial charge in [0.1, 0.15) is 23.7 Å². The maximum Gasteiger partial charge on any atom is 0.322 e. The first-order valence-electron chi connectivity index (χ1n) is 10.2. The summed E-state index contributed by atoms with van der Waals surface area (Å²) in [6.45, 7) is -0.494. The summed E-state index contributed by atoms with van der Waals surface area (Å²) in [6.07, 6.45) is 4.68. The number of carbonyl (C=O) groups is 3. The molecule has 34 heavy (non-hydrogen) atoms. The zero-order chi connectivity index (χ0) is 24.4. The quantitative estimate of drug-likeness (QED) is 0.338. The number of rotatable bonds is 6. The van der Waals surface area contributed by atoms with Gasteiger partial charge in [0.2, 0.25) is 0 Å². The van der Waals surface area contributed by atoms with E-state index in [2.05, 4.69) is 25.3 Å². The second kappa shape index (κ2) is 8.98. The first-order chi connectivity index (χ1) is 16.2. The fraction of sp³-hybridized carbons (Fsp3) is 0.130. The van der Waals surface area contributed by atoms with Crippen molar-refractivity contribution in [2.45, 2.75) is 0 Å². The van der Waals surface area contributed by atoms with Crippen LogP contribution in [0.1, 0.15) is 20.8 Å². The van der Waals surface area contributed by atoms with Crippen molar-refractivity contribution in [3.05, 3.63) is 60.2 Å². The molecule has 4 aromatic heterocycles. The normalized spacial score (nSPS) is 10.8. The lowest BCUT2D eigenvalue weighted by molar-refractivity contribution is -0.135. The molecule has 172 valence electrons. The molecule has 0 fully saturated rings. The number of nitrogens with one attached hydrogen (secondary N) is 2. The lowest BCUT2D eigenvalue weighted by atomic mass is 10.0. The van der Waals surface area contributed by atoms with E-state index in [0.29, 0.717) is 33.4 Å². The molecule has 0 bridgehead atoms. The van der Waals surface area contributed by atoms with E-state index in [9.17, 15) is 14.4 Å². The van der Waals surface area contributed by atoms with Gasteiger partial charge in [-0.25, -0.2) is 9.97 Å². The Bertz CT molecular complexity index is 1410. The number of carbonyl (C=O) groups excluding carboxylic acids is 2. The molecule has 0 saturated heterocycles. The van der Waals surface area contributed by atoms with E-state index < -0.39 is 18.4 Å². The first-order valence-corrected chi connectivity index (χ1v) is 10.2. The van der Waals surface area contributed by atoms with Crippen LogP contribution in [0, 0.1) is 0 Å². The molecular formula is C23H21N7O4.